The van der Waals surface area contributed by atoms with E-state index in [1.165, 1.54) is 23.9 Å². The Hall–Kier alpha value is -3.32. The van der Waals surface area contributed by atoms with Crippen molar-refractivity contribution in [2.24, 2.45) is 11.5 Å². The van der Waals surface area contributed by atoms with Crippen LogP contribution in [0.3, 0.4) is 0 Å². The molecule has 1 aromatic rings. The van der Waals surface area contributed by atoms with E-state index in [1.807, 2.05) is 6.26 Å². The molecule has 36 heavy (non-hydrogen) atoms. The van der Waals surface area contributed by atoms with Gasteiger partial charge in [0.25, 0.3) is 0 Å². The van der Waals surface area contributed by atoms with Gasteiger partial charge < -0.3 is 37.2 Å². The van der Waals surface area contributed by atoms with E-state index in [4.69, 9.17) is 11.5 Å². The number of aromatic hydroxyl groups is 1. The van der Waals surface area contributed by atoms with Crippen LogP contribution in [0, 0.1) is 0 Å². The van der Waals surface area contributed by atoms with Crippen LogP contribution in [-0.2, 0) is 30.4 Å². The van der Waals surface area contributed by atoms with Crippen LogP contribution in [0.2, 0.25) is 0 Å². The van der Waals surface area contributed by atoms with Crippen LogP contribution >= 0.6 is 11.8 Å². The number of benzene rings is 1. The van der Waals surface area contributed by atoms with Gasteiger partial charge in [0.2, 0.25) is 23.6 Å². The number of phenols is 1. The Morgan fingerprint density at radius 1 is 1.11 bits per heavy atom. The van der Waals surface area contributed by atoms with Crippen molar-refractivity contribution in [3.05, 3.63) is 29.8 Å². The normalized spacial score (nSPS) is 17.6. The number of amides is 4. The molecule has 1 aliphatic rings. The number of nitrogens with one attached hydrogen (secondary N) is 2. The van der Waals surface area contributed by atoms with E-state index in [-0.39, 0.29) is 31.6 Å². The molecule has 0 saturated carbocycles. The number of carbonyl (C=O) groups excluding carboxylic acids is 4. The molecule has 1 saturated heterocycles. The lowest BCUT2D eigenvalue weighted by atomic mass is 10.0. The summed E-state index contributed by atoms with van der Waals surface area (Å²) in [4.78, 5) is 63.1. The summed E-state index contributed by atoms with van der Waals surface area (Å²) in [5.41, 5.74) is 12.0. The van der Waals surface area contributed by atoms with Gasteiger partial charge in [-0.25, -0.2) is 4.79 Å². The Morgan fingerprint density at radius 2 is 1.75 bits per heavy atom. The van der Waals surface area contributed by atoms with E-state index >= 15 is 0 Å². The fourth-order valence-corrected chi connectivity index (χ4v) is 4.39. The third-order valence-electron chi connectivity index (χ3n) is 5.81. The fourth-order valence-electron chi connectivity index (χ4n) is 3.92. The molecule has 12 nitrogen and oxygen atoms in total. The molecule has 0 aliphatic carbocycles. The zero-order chi connectivity index (χ0) is 26.8. The number of likely N-dealkylation sites (tertiary alicyclic amines) is 1. The molecule has 13 heteroatoms. The van der Waals surface area contributed by atoms with Gasteiger partial charge in [-0.3, -0.25) is 19.2 Å². The average Bonchev–Trinajstić information content (AvgIpc) is 3.32. The molecule has 1 fully saturated rings. The second-order valence-corrected chi connectivity index (χ2v) is 9.56. The molecular weight excluding hydrogens is 490 g/mol. The van der Waals surface area contributed by atoms with Crippen LogP contribution in [-0.4, -0.2) is 87.4 Å². The second-order valence-electron chi connectivity index (χ2n) is 8.58. The molecule has 4 atom stereocenters. The number of hydrogen-bond acceptors (Lipinski definition) is 8. The number of nitrogens with zero attached hydrogens (tertiary/aromatic N) is 1. The number of carbonyl (C=O) groups is 5. The van der Waals surface area contributed by atoms with E-state index in [1.54, 1.807) is 12.1 Å². The summed E-state index contributed by atoms with van der Waals surface area (Å²) in [5, 5.41) is 23.9. The summed E-state index contributed by atoms with van der Waals surface area (Å²) in [5.74, 6) is -3.45. The highest BCUT2D eigenvalue weighted by molar-refractivity contribution is 7.98. The maximum absolute atomic E-state index is 13.1. The van der Waals surface area contributed by atoms with E-state index in [0.717, 1.165) is 4.90 Å². The minimum atomic E-state index is -1.37. The molecule has 1 aromatic carbocycles. The molecule has 0 bridgehead atoms. The molecule has 0 aromatic heterocycles. The van der Waals surface area contributed by atoms with E-state index in [0.29, 0.717) is 17.7 Å². The highest BCUT2D eigenvalue weighted by Crippen LogP contribution is 2.19. The largest absolute Gasteiger partial charge is 0.508 e. The van der Waals surface area contributed by atoms with Crippen molar-refractivity contribution in [2.45, 2.75) is 56.3 Å². The first-order valence-corrected chi connectivity index (χ1v) is 12.9. The summed E-state index contributed by atoms with van der Waals surface area (Å²) < 4.78 is 0. The third kappa shape index (κ3) is 8.41. The van der Waals surface area contributed by atoms with Gasteiger partial charge in [-0.15, -0.1) is 0 Å². The molecule has 198 valence electrons. The van der Waals surface area contributed by atoms with Crippen LogP contribution in [0.15, 0.2) is 24.3 Å². The minimum Gasteiger partial charge on any atom is -0.508 e. The molecule has 1 heterocycles. The summed E-state index contributed by atoms with van der Waals surface area (Å²) in [6.07, 6.45) is 2.44. The van der Waals surface area contributed by atoms with Crippen LogP contribution in [0.25, 0.3) is 0 Å². The minimum absolute atomic E-state index is 0.0780. The molecule has 8 N–H and O–H groups in total. The van der Waals surface area contributed by atoms with Gasteiger partial charge in [0, 0.05) is 6.54 Å². The Labute approximate surface area is 213 Å². The van der Waals surface area contributed by atoms with E-state index < -0.39 is 60.2 Å². The van der Waals surface area contributed by atoms with Crippen molar-refractivity contribution < 1.29 is 34.2 Å². The quantitative estimate of drug-likeness (QED) is 0.186. The second kappa shape index (κ2) is 13.7. The maximum Gasteiger partial charge on any atom is 0.326 e. The standard InChI is InChI=1S/C23H33N5O7S/c1-36-10-8-16(26-20(31)15(24)11-13-4-6-14(29)7-5-13)21(32)27-17(12-19(25)30)22(33)28-9-2-3-18(28)23(34)35/h4-7,15-18,29H,2-3,8-12,24H2,1H3,(H2,25,30)(H,26,31)(H,27,32)(H,34,35). The fraction of sp³-hybridized carbons (Fsp3) is 0.522. The summed E-state index contributed by atoms with van der Waals surface area (Å²) in [7, 11) is 0. The van der Waals surface area contributed by atoms with Crippen molar-refractivity contribution in [1.82, 2.24) is 15.5 Å². The van der Waals surface area contributed by atoms with Gasteiger partial charge in [0.05, 0.1) is 12.5 Å². The number of phenolic OH excluding ortho intramolecular Hbond substituents is 1. The van der Waals surface area contributed by atoms with Gasteiger partial charge >= 0.3 is 5.97 Å². The molecule has 4 unspecified atom stereocenters. The van der Waals surface area contributed by atoms with Crippen LogP contribution in [0.4, 0.5) is 0 Å². The van der Waals surface area contributed by atoms with Crippen molar-refractivity contribution in [2.75, 3.05) is 18.6 Å². The van der Waals surface area contributed by atoms with Gasteiger partial charge in [0.15, 0.2) is 0 Å². The number of carboxylic acid groups (broad SMARTS) is 1. The van der Waals surface area contributed by atoms with Crippen molar-refractivity contribution in [3.63, 3.8) is 0 Å². The Kier molecular flexibility index (Phi) is 11.0. The number of nitrogens with two attached hydrogens (primary N) is 2. The molecule has 1 aliphatic heterocycles. The Bertz CT molecular complexity index is 959. The summed E-state index contributed by atoms with van der Waals surface area (Å²) >= 11 is 1.45. The topological polar surface area (TPSA) is 205 Å². The number of rotatable bonds is 13. The Balaban J connectivity index is 2.11. The van der Waals surface area contributed by atoms with Crippen molar-refractivity contribution >= 4 is 41.4 Å². The molecular formula is C23H33N5O7S. The third-order valence-corrected chi connectivity index (χ3v) is 6.46. The van der Waals surface area contributed by atoms with E-state index in [2.05, 4.69) is 10.6 Å². The predicted octanol–water partition coefficient (Wildman–Crippen LogP) is -1.06. The first-order valence-electron chi connectivity index (χ1n) is 11.5. The highest BCUT2D eigenvalue weighted by atomic mass is 32.2. The zero-order valence-corrected chi connectivity index (χ0v) is 20.8. The first kappa shape index (κ1) is 28.9. The maximum atomic E-state index is 13.1. The monoisotopic (exact) mass is 523 g/mol. The summed E-state index contributed by atoms with van der Waals surface area (Å²) in [6, 6.07) is 1.76. The smallest absolute Gasteiger partial charge is 0.326 e. The number of carboxylic acids is 1. The number of primary amides is 1. The van der Waals surface area contributed by atoms with Crippen LogP contribution in [0.5, 0.6) is 5.75 Å². The summed E-state index contributed by atoms with van der Waals surface area (Å²) in [6.45, 7) is 0.180. The molecule has 0 radical (unpaired) electrons. The van der Waals surface area contributed by atoms with Crippen LogP contribution < -0.4 is 22.1 Å². The zero-order valence-electron chi connectivity index (χ0n) is 20.0. The van der Waals surface area contributed by atoms with Gasteiger partial charge in [-0.2, -0.15) is 11.8 Å². The number of thioether (sulfide) groups is 1. The van der Waals surface area contributed by atoms with Gasteiger partial charge in [0.1, 0.15) is 23.9 Å². The predicted molar refractivity (Wildman–Crippen MR) is 133 cm³/mol. The van der Waals surface area contributed by atoms with Crippen LogP contribution in [0.1, 0.15) is 31.2 Å². The van der Waals surface area contributed by atoms with E-state index in [9.17, 15) is 34.2 Å². The highest BCUT2D eigenvalue weighted by Gasteiger charge is 2.39. The van der Waals surface area contributed by atoms with Gasteiger partial charge in [-0.1, -0.05) is 12.1 Å². The van der Waals surface area contributed by atoms with Crippen molar-refractivity contribution in [3.8, 4) is 5.75 Å². The Morgan fingerprint density at radius 3 is 2.33 bits per heavy atom. The van der Waals surface area contributed by atoms with Gasteiger partial charge in [-0.05, 0) is 55.4 Å². The SMILES string of the molecule is CSCCC(NC(=O)C(N)Cc1ccc(O)cc1)C(=O)NC(CC(N)=O)C(=O)N1CCCC1C(=O)O. The number of aliphatic carboxylic acids is 1. The first-order chi connectivity index (χ1) is 17.0. The lowest BCUT2D eigenvalue weighted by Crippen LogP contribution is -2.58. The molecule has 0 spiro atoms. The molecule has 2 rings (SSSR count). The molecule has 4 amide bonds. The number of hydrogen-bond donors (Lipinski definition) is 6. The van der Waals surface area contributed by atoms with Crippen molar-refractivity contribution in [1.29, 1.82) is 0 Å². The average molecular weight is 524 g/mol. The lowest BCUT2D eigenvalue weighted by molar-refractivity contribution is -0.149. The lowest BCUT2D eigenvalue weighted by Gasteiger charge is -2.28.